The Labute approximate surface area is 203 Å². The van der Waals surface area contributed by atoms with Gasteiger partial charge >= 0.3 is 0 Å². The summed E-state index contributed by atoms with van der Waals surface area (Å²) in [5.41, 5.74) is 2.22. The van der Waals surface area contributed by atoms with Gasteiger partial charge in [-0.2, -0.15) is 0 Å². The Kier molecular flexibility index (Phi) is 8.76. The van der Waals surface area contributed by atoms with Gasteiger partial charge in [0.2, 0.25) is 0 Å². The van der Waals surface area contributed by atoms with Gasteiger partial charge in [-0.05, 0) is 37.0 Å². The molecular formula is C24H31BrN2O2S2. The van der Waals surface area contributed by atoms with Gasteiger partial charge in [0.05, 0.1) is 16.2 Å². The second-order valence-corrected chi connectivity index (χ2v) is 10.8. The van der Waals surface area contributed by atoms with E-state index < -0.39 is 0 Å². The van der Waals surface area contributed by atoms with Gasteiger partial charge in [0.25, 0.3) is 11.8 Å². The molecule has 2 amide bonds. The molecular weight excluding hydrogens is 492 g/mol. The van der Waals surface area contributed by atoms with E-state index in [1.165, 1.54) is 11.8 Å². The molecule has 0 aliphatic carbocycles. The van der Waals surface area contributed by atoms with Crippen LogP contribution in [0.3, 0.4) is 0 Å². The van der Waals surface area contributed by atoms with E-state index in [0.29, 0.717) is 33.8 Å². The van der Waals surface area contributed by atoms with Crippen LogP contribution in [0.15, 0.2) is 27.6 Å². The summed E-state index contributed by atoms with van der Waals surface area (Å²) in [6.07, 6.45) is 7.52. The first kappa shape index (κ1) is 24.5. The standard InChI is InChI=1S/C24H31BrN2O2S2/c1-4-7-9-13-26-19-12-11-17(25)14-18(19)20(22(26)28)21-23(29)27(24(30)31-21)15-16(6-3)10-8-5-2/h11-12,14,16H,4-10,13,15H2,1-3H3/b21-20-. The van der Waals surface area contributed by atoms with Crippen LogP contribution in [0.5, 0.6) is 0 Å². The Hall–Kier alpha value is -1.18. The van der Waals surface area contributed by atoms with Crippen molar-refractivity contribution in [3.8, 4) is 0 Å². The number of hydrogen-bond acceptors (Lipinski definition) is 4. The summed E-state index contributed by atoms with van der Waals surface area (Å²) in [7, 11) is 0. The van der Waals surface area contributed by atoms with Crippen molar-refractivity contribution in [2.45, 2.75) is 65.7 Å². The molecule has 0 saturated carbocycles. The summed E-state index contributed by atoms with van der Waals surface area (Å²) in [5, 5.41) is 0. The average Bonchev–Trinajstić information content (AvgIpc) is 3.17. The Morgan fingerprint density at radius 2 is 1.77 bits per heavy atom. The lowest BCUT2D eigenvalue weighted by atomic mass is 9.98. The zero-order chi connectivity index (χ0) is 22.5. The van der Waals surface area contributed by atoms with E-state index >= 15 is 0 Å². The topological polar surface area (TPSA) is 40.6 Å². The van der Waals surface area contributed by atoms with Crippen LogP contribution < -0.4 is 4.90 Å². The van der Waals surface area contributed by atoms with E-state index in [1.807, 2.05) is 23.1 Å². The van der Waals surface area contributed by atoms with Gasteiger partial charge in [-0.3, -0.25) is 14.5 Å². The number of carbonyl (C=O) groups is 2. The van der Waals surface area contributed by atoms with Crippen molar-refractivity contribution >= 4 is 67.3 Å². The highest BCUT2D eigenvalue weighted by Crippen LogP contribution is 2.45. The molecule has 31 heavy (non-hydrogen) atoms. The van der Waals surface area contributed by atoms with Crippen molar-refractivity contribution in [2.75, 3.05) is 18.0 Å². The van der Waals surface area contributed by atoms with Crippen molar-refractivity contribution in [1.82, 2.24) is 4.90 Å². The molecule has 1 aromatic carbocycles. The SMILES string of the molecule is CCCCCN1C(=O)/C(=C2\SC(=S)N(CC(CC)CCCC)C2=O)c2cc(Br)ccc21. The third-order valence-corrected chi connectivity index (χ3v) is 7.96. The summed E-state index contributed by atoms with van der Waals surface area (Å²) in [4.78, 5) is 30.9. The molecule has 3 rings (SSSR count). The van der Waals surface area contributed by atoms with Crippen LogP contribution in [0.4, 0.5) is 5.69 Å². The fourth-order valence-corrected chi connectivity index (χ4v) is 5.85. The molecule has 0 radical (unpaired) electrons. The number of amides is 2. The maximum absolute atomic E-state index is 13.5. The molecule has 1 aromatic rings. The van der Waals surface area contributed by atoms with E-state index in [2.05, 4.69) is 36.7 Å². The lowest BCUT2D eigenvalue weighted by Gasteiger charge is -2.21. The second-order valence-electron chi connectivity index (χ2n) is 8.23. The number of hydrogen-bond donors (Lipinski definition) is 0. The van der Waals surface area contributed by atoms with Gasteiger partial charge in [0.1, 0.15) is 4.32 Å². The van der Waals surface area contributed by atoms with Gasteiger partial charge in [-0.1, -0.05) is 92.8 Å². The molecule has 0 spiro atoms. The fraction of sp³-hybridized carbons (Fsp3) is 0.542. The van der Waals surface area contributed by atoms with E-state index in [4.69, 9.17) is 12.2 Å². The van der Waals surface area contributed by atoms with Gasteiger partial charge in [-0.25, -0.2) is 0 Å². The number of anilines is 1. The van der Waals surface area contributed by atoms with Crippen LogP contribution in [0, 0.1) is 5.92 Å². The minimum atomic E-state index is -0.116. The zero-order valence-corrected chi connectivity index (χ0v) is 21.8. The molecule has 2 aliphatic heterocycles. The highest BCUT2D eigenvalue weighted by atomic mass is 79.9. The zero-order valence-electron chi connectivity index (χ0n) is 18.6. The first-order valence-corrected chi connectivity index (χ1v) is 13.3. The summed E-state index contributed by atoms with van der Waals surface area (Å²) in [5.74, 6) is 0.232. The molecule has 2 heterocycles. The molecule has 1 atom stereocenters. The molecule has 1 fully saturated rings. The number of nitrogens with zero attached hydrogens (tertiary/aromatic N) is 2. The lowest BCUT2D eigenvalue weighted by molar-refractivity contribution is -0.123. The molecule has 168 valence electrons. The molecule has 7 heteroatoms. The van der Waals surface area contributed by atoms with E-state index in [0.717, 1.165) is 60.7 Å². The van der Waals surface area contributed by atoms with Crippen molar-refractivity contribution in [3.05, 3.63) is 33.1 Å². The summed E-state index contributed by atoms with van der Waals surface area (Å²) in [6.45, 7) is 7.80. The normalized spacial score (nSPS) is 19.5. The minimum absolute atomic E-state index is 0.0808. The maximum Gasteiger partial charge on any atom is 0.267 e. The van der Waals surface area contributed by atoms with E-state index in [9.17, 15) is 9.59 Å². The molecule has 0 aromatic heterocycles. The fourth-order valence-electron chi connectivity index (χ4n) is 4.15. The first-order chi connectivity index (χ1) is 14.9. The van der Waals surface area contributed by atoms with Gasteiger partial charge in [0, 0.05) is 23.1 Å². The number of unbranched alkanes of at least 4 members (excludes halogenated alkanes) is 3. The average molecular weight is 524 g/mol. The minimum Gasteiger partial charge on any atom is -0.308 e. The van der Waals surface area contributed by atoms with Crippen LogP contribution in [-0.4, -0.2) is 34.1 Å². The van der Waals surface area contributed by atoms with Crippen LogP contribution in [0.25, 0.3) is 5.57 Å². The predicted octanol–water partition coefficient (Wildman–Crippen LogP) is 6.77. The molecule has 0 bridgehead atoms. The van der Waals surface area contributed by atoms with Gasteiger partial charge < -0.3 is 4.90 Å². The molecule has 4 nitrogen and oxygen atoms in total. The Morgan fingerprint density at radius 1 is 1.03 bits per heavy atom. The number of halogens is 1. The van der Waals surface area contributed by atoms with Crippen molar-refractivity contribution in [2.24, 2.45) is 5.92 Å². The Morgan fingerprint density at radius 3 is 2.45 bits per heavy atom. The first-order valence-electron chi connectivity index (χ1n) is 11.3. The Bertz CT molecular complexity index is 900. The number of thioether (sulfide) groups is 1. The van der Waals surface area contributed by atoms with E-state index in [-0.39, 0.29) is 11.8 Å². The second kappa shape index (κ2) is 11.1. The highest BCUT2D eigenvalue weighted by molar-refractivity contribution is 9.10. The monoisotopic (exact) mass is 522 g/mol. The molecule has 0 N–H and O–H groups in total. The summed E-state index contributed by atoms with van der Waals surface area (Å²) < 4.78 is 1.46. The Balaban J connectivity index is 1.93. The third-order valence-electron chi connectivity index (χ3n) is 6.02. The molecule has 1 unspecified atom stereocenters. The van der Waals surface area contributed by atoms with Crippen LogP contribution >= 0.6 is 39.9 Å². The summed E-state index contributed by atoms with van der Waals surface area (Å²) in [6, 6.07) is 5.87. The number of benzene rings is 1. The van der Waals surface area contributed by atoms with Gasteiger partial charge in [-0.15, -0.1) is 0 Å². The summed E-state index contributed by atoms with van der Waals surface area (Å²) >= 11 is 10.4. The third kappa shape index (κ3) is 5.25. The van der Waals surface area contributed by atoms with Gasteiger partial charge in [0.15, 0.2) is 0 Å². The van der Waals surface area contributed by atoms with Crippen molar-refractivity contribution in [1.29, 1.82) is 0 Å². The molecule has 1 saturated heterocycles. The quantitative estimate of drug-likeness (QED) is 0.193. The number of rotatable bonds is 10. The predicted molar refractivity (Wildman–Crippen MR) is 138 cm³/mol. The van der Waals surface area contributed by atoms with Crippen molar-refractivity contribution < 1.29 is 9.59 Å². The van der Waals surface area contributed by atoms with Crippen LogP contribution in [-0.2, 0) is 9.59 Å². The largest absolute Gasteiger partial charge is 0.308 e. The lowest BCUT2D eigenvalue weighted by Crippen LogP contribution is -2.33. The smallest absolute Gasteiger partial charge is 0.267 e. The number of carbonyl (C=O) groups excluding carboxylic acids is 2. The highest BCUT2D eigenvalue weighted by Gasteiger charge is 2.42. The number of fused-ring (bicyclic) bond motifs is 1. The van der Waals surface area contributed by atoms with E-state index in [1.54, 1.807) is 4.90 Å². The van der Waals surface area contributed by atoms with Crippen LogP contribution in [0.2, 0.25) is 0 Å². The number of thiocarbonyl (C=S) groups is 1. The van der Waals surface area contributed by atoms with Crippen molar-refractivity contribution in [3.63, 3.8) is 0 Å². The maximum atomic E-state index is 13.5. The molecule has 2 aliphatic rings. The van der Waals surface area contributed by atoms with Crippen LogP contribution in [0.1, 0.15) is 71.3 Å².